The fourth-order valence-corrected chi connectivity index (χ4v) is 2.49. The van der Waals surface area contributed by atoms with Crippen molar-refractivity contribution < 1.29 is 0 Å². The van der Waals surface area contributed by atoms with Crippen LogP contribution in [0.4, 0.5) is 5.13 Å². The van der Waals surface area contributed by atoms with Crippen molar-refractivity contribution in [3.63, 3.8) is 0 Å². The van der Waals surface area contributed by atoms with E-state index in [0.717, 1.165) is 42.7 Å². The molecule has 0 bridgehead atoms. The van der Waals surface area contributed by atoms with Gasteiger partial charge in [-0.1, -0.05) is 6.92 Å². The van der Waals surface area contributed by atoms with Crippen molar-refractivity contribution in [2.45, 2.75) is 33.2 Å². The van der Waals surface area contributed by atoms with E-state index >= 15 is 0 Å². The van der Waals surface area contributed by atoms with E-state index in [1.807, 2.05) is 19.3 Å². The minimum absolute atomic E-state index is 0.901. The predicted octanol–water partition coefficient (Wildman–Crippen LogP) is 2.13. The molecule has 0 saturated carbocycles. The smallest absolute Gasteiger partial charge is 0.204 e. The van der Waals surface area contributed by atoms with Crippen LogP contribution in [0.15, 0.2) is 12.4 Å². The summed E-state index contributed by atoms with van der Waals surface area (Å²) in [5.41, 5.74) is 0. The van der Waals surface area contributed by atoms with E-state index in [4.69, 9.17) is 0 Å². The van der Waals surface area contributed by atoms with Crippen LogP contribution < -0.4 is 4.90 Å². The quantitative estimate of drug-likeness (QED) is 0.803. The Labute approximate surface area is 112 Å². The molecule has 0 spiro atoms. The monoisotopic (exact) mass is 265 g/mol. The van der Waals surface area contributed by atoms with Gasteiger partial charge in [-0.15, -0.1) is 0 Å². The fraction of sp³-hybridized carbons (Fsp3) is 0.583. The number of anilines is 1. The van der Waals surface area contributed by atoms with E-state index in [9.17, 15) is 0 Å². The van der Waals surface area contributed by atoms with Crippen molar-refractivity contribution in [3.05, 3.63) is 24.0 Å². The van der Waals surface area contributed by atoms with Gasteiger partial charge in [-0.05, 0) is 13.3 Å². The van der Waals surface area contributed by atoms with Gasteiger partial charge >= 0.3 is 0 Å². The molecule has 98 valence electrons. The summed E-state index contributed by atoms with van der Waals surface area (Å²) in [5, 5.41) is 1.01. The molecule has 0 aliphatic heterocycles. The van der Waals surface area contributed by atoms with Crippen molar-refractivity contribution in [1.29, 1.82) is 0 Å². The number of aromatic nitrogens is 4. The molecule has 5 nitrogen and oxygen atoms in total. The molecule has 0 aliphatic carbocycles. The number of hydrogen-bond acceptors (Lipinski definition) is 5. The van der Waals surface area contributed by atoms with Crippen LogP contribution in [-0.2, 0) is 13.0 Å². The van der Waals surface area contributed by atoms with Crippen molar-refractivity contribution in [3.8, 4) is 0 Å². The third kappa shape index (κ3) is 3.07. The Hall–Kier alpha value is -1.43. The number of imidazole rings is 1. The summed E-state index contributed by atoms with van der Waals surface area (Å²) in [4.78, 5) is 10.9. The van der Waals surface area contributed by atoms with Crippen molar-refractivity contribution >= 4 is 16.7 Å². The molecule has 0 atom stereocenters. The van der Waals surface area contributed by atoms with E-state index in [1.54, 1.807) is 0 Å². The lowest BCUT2D eigenvalue weighted by Crippen LogP contribution is -2.19. The molecule has 6 heteroatoms. The SMILES string of the molecule is CCc1nsc(N(C)CCCn2ccnc2C)n1. The highest BCUT2D eigenvalue weighted by Gasteiger charge is 2.07. The van der Waals surface area contributed by atoms with Gasteiger partial charge in [0, 0.05) is 50.5 Å². The Kier molecular flexibility index (Phi) is 4.30. The van der Waals surface area contributed by atoms with E-state index in [-0.39, 0.29) is 0 Å². The highest BCUT2D eigenvalue weighted by atomic mass is 32.1. The Morgan fingerprint density at radius 1 is 1.44 bits per heavy atom. The molecule has 0 radical (unpaired) electrons. The first-order chi connectivity index (χ1) is 8.70. The van der Waals surface area contributed by atoms with Gasteiger partial charge in [-0.2, -0.15) is 4.37 Å². The average Bonchev–Trinajstić information content (AvgIpc) is 2.98. The number of rotatable bonds is 6. The van der Waals surface area contributed by atoms with Crippen molar-refractivity contribution in [2.75, 3.05) is 18.5 Å². The van der Waals surface area contributed by atoms with Crippen LogP contribution in [0.25, 0.3) is 0 Å². The molecule has 2 aromatic rings. The summed E-state index contributed by atoms with van der Waals surface area (Å²) in [6.07, 6.45) is 5.85. The summed E-state index contributed by atoms with van der Waals surface area (Å²) in [5.74, 6) is 2.01. The molecule has 0 fully saturated rings. The topological polar surface area (TPSA) is 46.8 Å². The molecular weight excluding hydrogens is 246 g/mol. The zero-order chi connectivity index (χ0) is 13.0. The first kappa shape index (κ1) is 13.0. The predicted molar refractivity (Wildman–Crippen MR) is 74.1 cm³/mol. The summed E-state index contributed by atoms with van der Waals surface area (Å²) in [7, 11) is 2.07. The maximum absolute atomic E-state index is 4.48. The van der Waals surface area contributed by atoms with Gasteiger partial charge < -0.3 is 9.47 Å². The number of aryl methyl sites for hydroxylation is 3. The molecule has 2 heterocycles. The molecule has 0 unspecified atom stereocenters. The lowest BCUT2D eigenvalue weighted by atomic mass is 10.4. The van der Waals surface area contributed by atoms with Crippen LogP contribution in [0, 0.1) is 6.92 Å². The number of nitrogens with zero attached hydrogens (tertiary/aromatic N) is 5. The standard InChI is InChI=1S/C12H19N5S/c1-4-11-14-12(18-15-11)16(3)7-5-8-17-9-6-13-10(17)2/h6,9H,4-5,7-8H2,1-3H3. The Morgan fingerprint density at radius 3 is 2.89 bits per heavy atom. The third-order valence-corrected chi connectivity index (χ3v) is 3.78. The minimum Gasteiger partial charge on any atom is -0.350 e. The molecule has 0 aliphatic rings. The van der Waals surface area contributed by atoms with E-state index in [0.29, 0.717) is 0 Å². The second kappa shape index (κ2) is 5.95. The molecular formula is C12H19N5S. The van der Waals surface area contributed by atoms with Crippen molar-refractivity contribution in [1.82, 2.24) is 18.9 Å². The molecule has 2 aromatic heterocycles. The lowest BCUT2D eigenvalue weighted by molar-refractivity contribution is 0.622. The van der Waals surface area contributed by atoms with Crippen LogP contribution in [0.3, 0.4) is 0 Å². The minimum atomic E-state index is 0.901. The highest BCUT2D eigenvalue weighted by molar-refractivity contribution is 7.09. The van der Waals surface area contributed by atoms with Crippen LogP contribution in [0.1, 0.15) is 25.0 Å². The summed E-state index contributed by atoms with van der Waals surface area (Å²) in [6.45, 7) is 6.08. The zero-order valence-electron chi connectivity index (χ0n) is 11.1. The van der Waals surface area contributed by atoms with Gasteiger partial charge in [0.2, 0.25) is 5.13 Å². The largest absolute Gasteiger partial charge is 0.350 e. The van der Waals surface area contributed by atoms with E-state index in [1.165, 1.54) is 11.5 Å². The molecule has 0 aromatic carbocycles. The first-order valence-electron chi connectivity index (χ1n) is 6.22. The van der Waals surface area contributed by atoms with E-state index in [2.05, 4.69) is 37.8 Å². The maximum Gasteiger partial charge on any atom is 0.204 e. The number of hydrogen-bond donors (Lipinski definition) is 0. The fourth-order valence-electron chi connectivity index (χ4n) is 1.76. The van der Waals surface area contributed by atoms with Gasteiger partial charge in [0.25, 0.3) is 0 Å². The lowest BCUT2D eigenvalue weighted by Gasteiger charge is -2.15. The molecule has 0 amide bonds. The van der Waals surface area contributed by atoms with Crippen LogP contribution in [0.2, 0.25) is 0 Å². The van der Waals surface area contributed by atoms with Gasteiger partial charge in [-0.3, -0.25) is 0 Å². The summed E-state index contributed by atoms with van der Waals surface area (Å²) >= 11 is 1.48. The van der Waals surface area contributed by atoms with Crippen LogP contribution >= 0.6 is 11.5 Å². The molecule has 0 N–H and O–H groups in total. The first-order valence-corrected chi connectivity index (χ1v) is 6.99. The Balaban J connectivity index is 1.81. The molecule has 0 saturated heterocycles. The Bertz CT molecular complexity index is 490. The highest BCUT2D eigenvalue weighted by Crippen LogP contribution is 2.16. The van der Waals surface area contributed by atoms with Gasteiger partial charge in [-0.25, -0.2) is 9.97 Å². The van der Waals surface area contributed by atoms with Gasteiger partial charge in [0.15, 0.2) is 0 Å². The van der Waals surface area contributed by atoms with Crippen LogP contribution in [-0.4, -0.2) is 32.5 Å². The molecule has 2 rings (SSSR count). The average molecular weight is 265 g/mol. The maximum atomic E-state index is 4.48. The Morgan fingerprint density at radius 2 is 2.28 bits per heavy atom. The third-order valence-electron chi connectivity index (χ3n) is 2.92. The van der Waals surface area contributed by atoms with E-state index < -0.39 is 0 Å². The van der Waals surface area contributed by atoms with Gasteiger partial charge in [0.1, 0.15) is 11.6 Å². The van der Waals surface area contributed by atoms with Gasteiger partial charge in [0.05, 0.1) is 0 Å². The van der Waals surface area contributed by atoms with Crippen LogP contribution in [0.5, 0.6) is 0 Å². The summed E-state index contributed by atoms with van der Waals surface area (Å²) in [6, 6.07) is 0. The van der Waals surface area contributed by atoms with Crippen molar-refractivity contribution in [2.24, 2.45) is 0 Å². The second-order valence-corrected chi connectivity index (χ2v) is 5.02. The molecule has 18 heavy (non-hydrogen) atoms. The zero-order valence-corrected chi connectivity index (χ0v) is 11.9. The second-order valence-electron chi connectivity index (χ2n) is 4.29. The normalized spacial score (nSPS) is 10.8. The summed E-state index contributed by atoms with van der Waals surface area (Å²) < 4.78 is 6.47.